The molecule has 0 saturated heterocycles. The van der Waals surface area contributed by atoms with Gasteiger partial charge in [-0.15, -0.1) is 0 Å². The summed E-state index contributed by atoms with van der Waals surface area (Å²) in [4.78, 5) is 22.7. The molecule has 5 nitrogen and oxygen atoms in total. The first-order chi connectivity index (χ1) is 9.54. The lowest BCUT2D eigenvalue weighted by Crippen LogP contribution is -2.39. The van der Waals surface area contributed by atoms with Crippen LogP contribution < -0.4 is 5.32 Å². The first-order valence-corrected chi connectivity index (χ1v) is 7.91. The molecule has 2 fully saturated rings. The SMILES string of the molecule is CC(NC(=O)c1ccc([N+](=O)[O-])s1)C1CC2CCC1C2. The molecule has 2 bridgehead atoms. The van der Waals surface area contributed by atoms with Gasteiger partial charge >= 0.3 is 5.00 Å². The van der Waals surface area contributed by atoms with Crippen LogP contribution >= 0.6 is 11.3 Å². The predicted molar refractivity (Wildman–Crippen MR) is 76.8 cm³/mol. The quantitative estimate of drug-likeness (QED) is 0.684. The molecule has 4 atom stereocenters. The van der Waals surface area contributed by atoms with E-state index in [4.69, 9.17) is 0 Å². The summed E-state index contributed by atoms with van der Waals surface area (Å²) in [6, 6.07) is 3.08. The van der Waals surface area contributed by atoms with Crippen molar-refractivity contribution >= 4 is 22.2 Å². The van der Waals surface area contributed by atoms with Gasteiger partial charge in [-0.2, -0.15) is 0 Å². The Kier molecular flexibility index (Phi) is 3.50. The minimum absolute atomic E-state index is 0.0164. The normalized spacial score (nSPS) is 29.4. The lowest BCUT2D eigenvalue weighted by molar-refractivity contribution is -0.380. The van der Waals surface area contributed by atoms with Gasteiger partial charge in [-0.25, -0.2) is 0 Å². The molecule has 1 N–H and O–H groups in total. The van der Waals surface area contributed by atoms with Crippen LogP contribution in [0, 0.1) is 27.9 Å². The highest BCUT2D eigenvalue weighted by atomic mass is 32.1. The molecule has 1 aromatic rings. The standard InChI is InChI=1S/C14H18N2O3S/c1-8(11-7-9-2-3-10(11)6-9)15-14(17)12-4-5-13(20-12)16(18)19/h4-5,8-11H,2-3,6-7H2,1H3,(H,15,17). The van der Waals surface area contributed by atoms with Crippen LogP contribution in [0.3, 0.4) is 0 Å². The third-order valence-electron chi connectivity index (χ3n) is 4.79. The molecule has 0 aromatic carbocycles. The predicted octanol–water partition coefficient (Wildman–Crippen LogP) is 3.21. The zero-order chi connectivity index (χ0) is 14.3. The number of thiophene rings is 1. The van der Waals surface area contributed by atoms with Crippen molar-refractivity contribution in [2.75, 3.05) is 0 Å². The van der Waals surface area contributed by atoms with Gasteiger partial charge in [0.2, 0.25) is 0 Å². The molecule has 108 valence electrons. The van der Waals surface area contributed by atoms with Gasteiger partial charge in [-0.05, 0) is 50.0 Å². The largest absolute Gasteiger partial charge is 0.349 e. The zero-order valence-corrected chi connectivity index (χ0v) is 12.2. The van der Waals surface area contributed by atoms with E-state index in [1.54, 1.807) is 0 Å². The molecule has 2 aliphatic carbocycles. The summed E-state index contributed by atoms with van der Waals surface area (Å²) in [5.41, 5.74) is 0. The Labute approximate surface area is 121 Å². The van der Waals surface area contributed by atoms with E-state index < -0.39 is 4.92 Å². The van der Waals surface area contributed by atoms with E-state index in [-0.39, 0.29) is 17.0 Å². The van der Waals surface area contributed by atoms with Crippen molar-refractivity contribution in [3.8, 4) is 0 Å². The highest BCUT2D eigenvalue weighted by Gasteiger charge is 2.42. The fourth-order valence-corrected chi connectivity index (χ4v) is 4.56. The van der Waals surface area contributed by atoms with Crippen LogP contribution in [0.2, 0.25) is 0 Å². The third-order valence-corrected chi connectivity index (χ3v) is 5.83. The summed E-state index contributed by atoms with van der Waals surface area (Å²) in [6.07, 6.45) is 5.17. The Hall–Kier alpha value is -1.43. The summed E-state index contributed by atoms with van der Waals surface area (Å²) < 4.78 is 0. The maximum absolute atomic E-state index is 12.1. The highest BCUT2D eigenvalue weighted by Crippen LogP contribution is 2.49. The van der Waals surface area contributed by atoms with Gasteiger partial charge in [0.25, 0.3) is 5.91 Å². The van der Waals surface area contributed by atoms with Crippen LogP contribution in [0.5, 0.6) is 0 Å². The van der Waals surface area contributed by atoms with Crippen molar-refractivity contribution in [1.82, 2.24) is 5.32 Å². The van der Waals surface area contributed by atoms with Crippen LogP contribution in [0.15, 0.2) is 12.1 Å². The molecule has 0 spiro atoms. The summed E-state index contributed by atoms with van der Waals surface area (Å²) in [5.74, 6) is 2.01. The van der Waals surface area contributed by atoms with Crippen molar-refractivity contribution in [2.24, 2.45) is 17.8 Å². The number of hydrogen-bond acceptors (Lipinski definition) is 4. The molecule has 2 saturated carbocycles. The molecule has 0 radical (unpaired) electrons. The van der Waals surface area contributed by atoms with E-state index in [9.17, 15) is 14.9 Å². The first-order valence-electron chi connectivity index (χ1n) is 7.09. The van der Waals surface area contributed by atoms with Gasteiger partial charge in [0.05, 0.1) is 9.80 Å². The van der Waals surface area contributed by atoms with Crippen LogP contribution in [0.25, 0.3) is 0 Å². The number of amides is 1. The molecule has 1 heterocycles. The van der Waals surface area contributed by atoms with Crippen molar-refractivity contribution in [2.45, 2.75) is 38.6 Å². The molecular formula is C14H18N2O3S. The van der Waals surface area contributed by atoms with Crippen LogP contribution in [-0.4, -0.2) is 16.9 Å². The number of nitro groups is 1. The van der Waals surface area contributed by atoms with E-state index in [1.165, 1.54) is 37.8 Å². The second kappa shape index (κ2) is 5.16. The number of carbonyl (C=O) groups is 1. The highest BCUT2D eigenvalue weighted by molar-refractivity contribution is 7.17. The lowest BCUT2D eigenvalue weighted by atomic mass is 9.84. The Morgan fingerprint density at radius 1 is 1.45 bits per heavy atom. The van der Waals surface area contributed by atoms with E-state index in [0.29, 0.717) is 10.8 Å². The van der Waals surface area contributed by atoms with E-state index >= 15 is 0 Å². The number of rotatable bonds is 4. The molecule has 2 aliphatic rings. The van der Waals surface area contributed by atoms with E-state index in [1.807, 2.05) is 0 Å². The lowest BCUT2D eigenvalue weighted by Gasteiger charge is -2.28. The minimum Gasteiger partial charge on any atom is -0.349 e. The van der Waals surface area contributed by atoms with Crippen molar-refractivity contribution in [3.05, 3.63) is 27.1 Å². The van der Waals surface area contributed by atoms with Gasteiger partial charge in [0.1, 0.15) is 0 Å². The third kappa shape index (κ3) is 2.44. The fourth-order valence-electron chi connectivity index (χ4n) is 3.84. The van der Waals surface area contributed by atoms with Crippen molar-refractivity contribution in [1.29, 1.82) is 0 Å². The number of carbonyl (C=O) groups excluding carboxylic acids is 1. The molecule has 4 unspecified atom stereocenters. The Bertz CT molecular complexity index is 542. The molecule has 1 aromatic heterocycles. The van der Waals surface area contributed by atoms with Crippen LogP contribution in [-0.2, 0) is 0 Å². The minimum atomic E-state index is -0.458. The smallest absolute Gasteiger partial charge is 0.324 e. The summed E-state index contributed by atoms with van der Waals surface area (Å²) in [6.45, 7) is 2.06. The maximum Gasteiger partial charge on any atom is 0.324 e. The van der Waals surface area contributed by atoms with Crippen molar-refractivity contribution in [3.63, 3.8) is 0 Å². The molecule has 6 heteroatoms. The Morgan fingerprint density at radius 2 is 2.25 bits per heavy atom. The second-order valence-electron chi connectivity index (χ2n) is 6.00. The Balaban J connectivity index is 1.62. The van der Waals surface area contributed by atoms with Gasteiger partial charge in [0.15, 0.2) is 0 Å². The molecule has 1 amide bonds. The summed E-state index contributed by atoms with van der Waals surface area (Å²) >= 11 is 0.938. The second-order valence-corrected chi connectivity index (χ2v) is 7.06. The van der Waals surface area contributed by atoms with Gasteiger partial charge in [0, 0.05) is 12.1 Å². The molecule has 20 heavy (non-hydrogen) atoms. The van der Waals surface area contributed by atoms with Crippen LogP contribution in [0.4, 0.5) is 5.00 Å². The first kappa shape index (κ1) is 13.5. The van der Waals surface area contributed by atoms with Crippen LogP contribution in [0.1, 0.15) is 42.3 Å². The number of nitrogens with one attached hydrogen (secondary N) is 1. The average molecular weight is 294 g/mol. The molecular weight excluding hydrogens is 276 g/mol. The zero-order valence-electron chi connectivity index (χ0n) is 11.4. The fraction of sp³-hybridized carbons (Fsp3) is 0.643. The summed E-state index contributed by atoms with van der Waals surface area (Å²) in [5, 5.41) is 13.7. The van der Waals surface area contributed by atoms with Gasteiger partial charge < -0.3 is 5.32 Å². The number of nitrogens with zero attached hydrogens (tertiary/aromatic N) is 1. The number of fused-ring (bicyclic) bond motifs is 2. The molecule has 3 rings (SSSR count). The maximum atomic E-state index is 12.1. The number of hydrogen-bond donors (Lipinski definition) is 1. The Morgan fingerprint density at radius 3 is 2.80 bits per heavy atom. The monoisotopic (exact) mass is 294 g/mol. The van der Waals surface area contributed by atoms with E-state index in [2.05, 4.69) is 12.2 Å². The van der Waals surface area contributed by atoms with Gasteiger partial charge in [-0.3, -0.25) is 14.9 Å². The topological polar surface area (TPSA) is 72.2 Å². The van der Waals surface area contributed by atoms with Gasteiger partial charge in [-0.1, -0.05) is 17.8 Å². The summed E-state index contributed by atoms with van der Waals surface area (Å²) in [7, 11) is 0. The van der Waals surface area contributed by atoms with E-state index in [0.717, 1.165) is 23.2 Å². The molecule has 0 aliphatic heterocycles. The van der Waals surface area contributed by atoms with Crippen molar-refractivity contribution < 1.29 is 9.72 Å². The average Bonchev–Trinajstić information content (AvgIpc) is 3.14.